The molecule has 1 aliphatic rings. The maximum absolute atomic E-state index is 12.3. The van der Waals surface area contributed by atoms with Crippen LogP contribution in [-0.4, -0.2) is 63.9 Å². The Morgan fingerprint density at radius 1 is 1.23 bits per heavy atom. The third-order valence-electron chi connectivity index (χ3n) is 4.41. The Morgan fingerprint density at radius 2 is 1.92 bits per heavy atom. The minimum absolute atomic E-state index is 0.117. The van der Waals surface area contributed by atoms with Gasteiger partial charge in [-0.15, -0.1) is 0 Å². The molecule has 0 unspecified atom stereocenters. The van der Waals surface area contributed by atoms with Gasteiger partial charge in [0.1, 0.15) is 0 Å². The van der Waals surface area contributed by atoms with Crippen LogP contribution in [0.15, 0.2) is 40.2 Å². The van der Waals surface area contributed by atoms with E-state index in [9.17, 15) is 8.42 Å². The van der Waals surface area contributed by atoms with Crippen LogP contribution in [0.3, 0.4) is 0 Å². The van der Waals surface area contributed by atoms with Crippen molar-refractivity contribution < 1.29 is 13.2 Å². The van der Waals surface area contributed by atoms with E-state index in [4.69, 9.17) is 4.74 Å². The Hall–Kier alpha value is -1.60. The smallest absolute Gasteiger partial charge is 0.193 e. The van der Waals surface area contributed by atoms with Crippen molar-refractivity contribution in [2.24, 2.45) is 4.99 Å². The average molecular weight is 382 g/mol. The molecule has 0 amide bonds. The van der Waals surface area contributed by atoms with Gasteiger partial charge in [0.05, 0.1) is 16.8 Å². The number of sulfone groups is 1. The molecule has 1 N–H and O–H groups in total. The topological polar surface area (TPSA) is 71.0 Å². The Morgan fingerprint density at radius 3 is 2.54 bits per heavy atom. The molecule has 0 aliphatic carbocycles. The number of guanidine groups is 1. The van der Waals surface area contributed by atoms with Crippen LogP contribution in [0, 0.1) is 0 Å². The molecule has 7 heteroatoms. The fraction of sp³-hybridized carbons (Fsp3) is 0.632. The zero-order valence-corrected chi connectivity index (χ0v) is 16.7. The highest BCUT2D eigenvalue weighted by Gasteiger charge is 2.21. The van der Waals surface area contributed by atoms with Crippen molar-refractivity contribution in [2.45, 2.75) is 44.1 Å². The summed E-state index contributed by atoms with van der Waals surface area (Å²) >= 11 is 0. The maximum atomic E-state index is 12.3. The van der Waals surface area contributed by atoms with Gasteiger partial charge in [0.2, 0.25) is 0 Å². The zero-order valence-electron chi connectivity index (χ0n) is 15.9. The van der Waals surface area contributed by atoms with E-state index in [1.807, 2.05) is 19.9 Å². The Kier molecular flexibility index (Phi) is 8.38. The molecule has 26 heavy (non-hydrogen) atoms. The van der Waals surface area contributed by atoms with E-state index in [2.05, 4.69) is 15.2 Å². The minimum Gasteiger partial charge on any atom is -0.378 e. The summed E-state index contributed by atoms with van der Waals surface area (Å²) in [7, 11) is -3.23. The molecule has 146 valence electrons. The van der Waals surface area contributed by atoms with Crippen molar-refractivity contribution >= 4 is 15.8 Å². The standard InChI is InChI=1S/C19H31N3O3S/c1-3-20-19(22-14-11-17(12-15-22)25-4-2)21-13-8-16-26(23,24)18-9-6-5-7-10-18/h5-7,9-10,17H,3-4,8,11-16H2,1-2H3,(H,20,21). The normalized spacial score (nSPS) is 16.7. The summed E-state index contributed by atoms with van der Waals surface area (Å²) in [5, 5.41) is 3.31. The van der Waals surface area contributed by atoms with Crippen molar-refractivity contribution in [3.05, 3.63) is 30.3 Å². The fourth-order valence-electron chi connectivity index (χ4n) is 3.08. The number of hydrogen-bond acceptors (Lipinski definition) is 4. The van der Waals surface area contributed by atoms with Gasteiger partial charge in [-0.25, -0.2) is 8.42 Å². The Balaban J connectivity index is 1.85. The maximum Gasteiger partial charge on any atom is 0.193 e. The van der Waals surface area contributed by atoms with Crippen molar-refractivity contribution in [3.8, 4) is 0 Å². The first-order valence-electron chi connectivity index (χ1n) is 9.49. The molecule has 0 bridgehead atoms. The highest BCUT2D eigenvalue weighted by Crippen LogP contribution is 2.14. The molecule has 0 radical (unpaired) electrons. The van der Waals surface area contributed by atoms with Gasteiger partial charge < -0.3 is 15.0 Å². The van der Waals surface area contributed by atoms with E-state index in [0.717, 1.165) is 45.0 Å². The molecule has 1 fully saturated rings. The van der Waals surface area contributed by atoms with Crippen LogP contribution in [0.5, 0.6) is 0 Å². The summed E-state index contributed by atoms with van der Waals surface area (Å²) in [6.45, 7) is 7.96. The number of nitrogens with one attached hydrogen (secondary N) is 1. The molecule has 1 aromatic carbocycles. The first-order chi connectivity index (χ1) is 12.6. The van der Waals surface area contributed by atoms with E-state index < -0.39 is 9.84 Å². The van der Waals surface area contributed by atoms with Crippen molar-refractivity contribution in [1.29, 1.82) is 0 Å². The van der Waals surface area contributed by atoms with E-state index in [1.54, 1.807) is 24.3 Å². The lowest BCUT2D eigenvalue weighted by Crippen LogP contribution is -2.47. The molecule has 1 aliphatic heterocycles. The molecule has 1 saturated heterocycles. The predicted octanol–water partition coefficient (Wildman–Crippen LogP) is 2.32. The summed E-state index contributed by atoms with van der Waals surface area (Å²) in [6.07, 6.45) is 2.86. The second-order valence-electron chi connectivity index (χ2n) is 6.36. The minimum atomic E-state index is -3.23. The van der Waals surface area contributed by atoms with E-state index >= 15 is 0 Å². The summed E-state index contributed by atoms with van der Waals surface area (Å²) in [6, 6.07) is 8.61. The lowest BCUT2D eigenvalue weighted by atomic mass is 10.1. The van der Waals surface area contributed by atoms with Crippen LogP contribution >= 0.6 is 0 Å². The monoisotopic (exact) mass is 381 g/mol. The Bertz CT molecular complexity index is 654. The summed E-state index contributed by atoms with van der Waals surface area (Å²) < 4.78 is 30.3. The van der Waals surface area contributed by atoms with E-state index in [0.29, 0.717) is 24.0 Å². The number of hydrogen-bond donors (Lipinski definition) is 1. The van der Waals surface area contributed by atoms with Crippen molar-refractivity contribution in [2.75, 3.05) is 38.5 Å². The fourth-order valence-corrected chi connectivity index (χ4v) is 4.40. The molecule has 1 heterocycles. The van der Waals surface area contributed by atoms with Gasteiger partial charge in [0.25, 0.3) is 0 Å². The summed E-state index contributed by atoms with van der Waals surface area (Å²) in [5.74, 6) is 0.992. The predicted molar refractivity (Wildman–Crippen MR) is 105 cm³/mol. The van der Waals surface area contributed by atoms with Crippen LogP contribution in [-0.2, 0) is 14.6 Å². The summed E-state index contributed by atoms with van der Waals surface area (Å²) in [4.78, 5) is 7.26. The van der Waals surface area contributed by atoms with Gasteiger partial charge in [-0.05, 0) is 45.2 Å². The number of ether oxygens (including phenoxy) is 1. The quantitative estimate of drug-likeness (QED) is 0.425. The van der Waals surface area contributed by atoms with Crippen molar-refractivity contribution in [1.82, 2.24) is 10.2 Å². The highest BCUT2D eigenvalue weighted by atomic mass is 32.2. The molecule has 6 nitrogen and oxygen atoms in total. The SMILES string of the molecule is CCNC(=NCCCS(=O)(=O)c1ccccc1)N1CCC(OCC)CC1. The van der Waals surface area contributed by atoms with E-state index in [-0.39, 0.29) is 5.75 Å². The van der Waals surface area contributed by atoms with Crippen LogP contribution < -0.4 is 5.32 Å². The highest BCUT2D eigenvalue weighted by molar-refractivity contribution is 7.91. The third-order valence-corrected chi connectivity index (χ3v) is 6.23. The molecule has 0 aromatic heterocycles. The van der Waals surface area contributed by atoms with Gasteiger partial charge in [0, 0.05) is 32.8 Å². The number of aliphatic imine (C=N–C) groups is 1. The molecule has 0 saturated carbocycles. The molecule has 0 spiro atoms. The third kappa shape index (κ3) is 6.29. The first kappa shape index (κ1) is 20.7. The number of piperidine rings is 1. The molecule has 2 rings (SSSR count). The number of likely N-dealkylation sites (tertiary alicyclic amines) is 1. The second-order valence-corrected chi connectivity index (χ2v) is 8.47. The van der Waals surface area contributed by atoms with Gasteiger partial charge >= 0.3 is 0 Å². The molecule has 0 atom stereocenters. The van der Waals surface area contributed by atoms with Gasteiger partial charge in [0.15, 0.2) is 15.8 Å². The number of rotatable bonds is 8. The molecular formula is C19H31N3O3S. The number of nitrogens with zero attached hydrogens (tertiary/aromatic N) is 2. The largest absolute Gasteiger partial charge is 0.378 e. The van der Waals surface area contributed by atoms with Crippen LogP contribution in [0.2, 0.25) is 0 Å². The van der Waals surface area contributed by atoms with Gasteiger partial charge in [-0.2, -0.15) is 0 Å². The lowest BCUT2D eigenvalue weighted by molar-refractivity contribution is 0.0264. The van der Waals surface area contributed by atoms with Crippen LogP contribution in [0.4, 0.5) is 0 Å². The second kappa shape index (κ2) is 10.5. The van der Waals surface area contributed by atoms with Gasteiger partial charge in [-0.1, -0.05) is 18.2 Å². The first-order valence-corrected chi connectivity index (χ1v) is 11.1. The molecular weight excluding hydrogens is 350 g/mol. The number of benzene rings is 1. The van der Waals surface area contributed by atoms with Crippen LogP contribution in [0.1, 0.15) is 33.1 Å². The van der Waals surface area contributed by atoms with Gasteiger partial charge in [-0.3, -0.25) is 4.99 Å². The van der Waals surface area contributed by atoms with E-state index in [1.165, 1.54) is 0 Å². The summed E-state index contributed by atoms with van der Waals surface area (Å²) in [5.41, 5.74) is 0. The van der Waals surface area contributed by atoms with Crippen molar-refractivity contribution in [3.63, 3.8) is 0 Å². The zero-order chi connectivity index (χ0) is 18.8. The van der Waals surface area contributed by atoms with Crippen LogP contribution in [0.25, 0.3) is 0 Å². The lowest BCUT2D eigenvalue weighted by Gasteiger charge is -2.34. The molecule has 1 aromatic rings. The average Bonchev–Trinajstić information content (AvgIpc) is 2.66. The Labute approximate surface area is 157 Å².